The topological polar surface area (TPSA) is 61.6 Å². The number of aliphatic imine (C=N–C) groups is 1. The van der Waals surface area contributed by atoms with Gasteiger partial charge in [-0.3, -0.25) is 19.4 Å². The molecular formula is C24H23N7S. The summed E-state index contributed by atoms with van der Waals surface area (Å²) in [7, 11) is 0. The highest BCUT2D eigenvalue weighted by molar-refractivity contribution is 7.98. The smallest absolute Gasteiger partial charge is 0.216 e. The van der Waals surface area contributed by atoms with Crippen molar-refractivity contribution in [3.05, 3.63) is 84.2 Å². The fourth-order valence-corrected chi connectivity index (χ4v) is 4.76. The van der Waals surface area contributed by atoms with Gasteiger partial charge >= 0.3 is 0 Å². The molecule has 6 rings (SSSR count). The van der Waals surface area contributed by atoms with Gasteiger partial charge in [0.1, 0.15) is 6.17 Å². The van der Waals surface area contributed by atoms with E-state index in [1.807, 2.05) is 24.4 Å². The maximum absolute atomic E-state index is 5.01. The number of hydrogen-bond donors (Lipinski definition) is 1. The molecule has 4 heterocycles. The predicted molar refractivity (Wildman–Crippen MR) is 129 cm³/mol. The largest absolute Gasteiger partial charge is 0.331 e. The number of pyridine rings is 1. The van der Waals surface area contributed by atoms with E-state index >= 15 is 0 Å². The lowest BCUT2D eigenvalue weighted by Crippen LogP contribution is -2.57. The summed E-state index contributed by atoms with van der Waals surface area (Å²) in [5.41, 5.74) is 4.31. The summed E-state index contributed by atoms with van der Waals surface area (Å²) in [4.78, 5) is 20.1. The van der Waals surface area contributed by atoms with Gasteiger partial charge in [-0.2, -0.15) is 0 Å². The van der Waals surface area contributed by atoms with E-state index in [-0.39, 0.29) is 6.17 Å². The van der Waals surface area contributed by atoms with E-state index in [0.29, 0.717) is 13.3 Å². The second kappa shape index (κ2) is 7.96. The molecule has 0 aliphatic carbocycles. The van der Waals surface area contributed by atoms with E-state index < -0.39 is 0 Å². The molecule has 2 aromatic heterocycles. The van der Waals surface area contributed by atoms with Gasteiger partial charge in [-0.25, -0.2) is 9.98 Å². The minimum atomic E-state index is -0.0642. The second-order valence-corrected chi connectivity index (χ2v) is 8.81. The van der Waals surface area contributed by atoms with Crippen molar-refractivity contribution < 1.29 is 0 Å². The van der Waals surface area contributed by atoms with Crippen molar-refractivity contribution in [1.29, 1.82) is 0 Å². The van der Waals surface area contributed by atoms with Gasteiger partial charge in [0.15, 0.2) is 0 Å². The number of para-hydroxylation sites is 2. The zero-order valence-electron chi connectivity index (χ0n) is 17.7. The number of aromatic nitrogens is 3. The summed E-state index contributed by atoms with van der Waals surface area (Å²) < 4.78 is 2.28. The lowest BCUT2D eigenvalue weighted by molar-refractivity contribution is 0.261. The molecule has 4 aromatic rings. The average molecular weight is 442 g/mol. The first-order valence-corrected chi connectivity index (χ1v) is 11.8. The van der Waals surface area contributed by atoms with E-state index in [1.54, 1.807) is 11.8 Å². The van der Waals surface area contributed by atoms with Crippen LogP contribution in [0.25, 0.3) is 11.0 Å². The summed E-state index contributed by atoms with van der Waals surface area (Å²) in [5, 5.41) is 3.68. The van der Waals surface area contributed by atoms with E-state index in [0.717, 1.165) is 35.2 Å². The molecule has 2 aromatic carbocycles. The van der Waals surface area contributed by atoms with Gasteiger partial charge in [-0.05, 0) is 48.2 Å². The molecule has 2 aliphatic heterocycles. The minimum absolute atomic E-state index is 0.0642. The minimum Gasteiger partial charge on any atom is -0.331 e. The van der Waals surface area contributed by atoms with E-state index in [2.05, 4.69) is 79.5 Å². The Morgan fingerprint density at radius 1 is 1.03 bits per heavy atom. The Balaban J connectivity index is 1.41. The number of nitrogens with zero attached hydrogens (tertiary/aromatic N) is 6. The summed E-state index contributed by atoms with van der Waals surface area (Å²) in [5.74, 6) is 1.78. The lowest BCUT2D eigenvalue weighted by Gasteiger charge is -2.41. The van der Waals surface area contributed by atoms with Crippen LogP contribution in [0.1, 0.15) is 17.4 Å². The number of thioether (sulfide) groups is 1. The highest BCUT2D eigenvalue weighted by Crippen LogP contribution is 2.34. The number of hydrogen-bond acceptors (Lipinski definition) is 7. The zero-order chi connectivity index (χ0) is 21.5. The predicted octanol–water partition coefficient (Wildman–Crippen LogP) is 3.90. The van der Waals surface area contributed by atoms with Gasteiger partial charge in [0.25, 0.3) is 0 Å². The molecule has 0 radical (unpaired) electrons. The highest BCUT2D eigenvalue weighted by atomic mass is 32.2. The van der Waals surface area contributed by atoms with Crippen LogP contribution in [-0.2, 0) is 6.54 Å². The number of guanidine groups is 1. The maximum Gasteiger partial charge on any atom is 0.216 e. The molecule has 0 unspecified atom stereocenters. The number of nitrogens with one attached hydrogen (secondary N) is 1. The maximum atomic E-state index is 5.01. The third-order valence-electron chi connectivity index (χ3n) is 5.90. The fourth-order valence-electron chi connectivity index (χ4n) is 4.35. The Hall–Kier alpha value is -3.36. The van der Waals surface area contributed by atoms with Crippen LogP contribution in [0.4, 0.5) is 5.95 Å². The Morgan fingerprint density at radius 2 is 1.88 bits per heavy atom. The molecule has 1 atom stereocenters. The molecule has 0 spiro atoms. The van der Waals surface area contributed by atoms with Crippen LogP contribution < -0.4 is 10.2 Å². The van der Waals surface area contributed by atoms with Gasteiger partial charge in [0.05, 0.1) is 30.1 Å². The van der Waals surface area contributed by atoms with Crippen molar-refractivity contribution >= 4 is 34.7 Å². The standard InChI is InChI=1S/C24H23N7S/c1-32-19-11-9-17(10-12-19)22-28-23-26-15-29(14-18-6-4-5-13-25-18)16-30(23)24-27-20-7-2-3-8-21(20)31(22)24/h2-13,22H,14-16H2,1H3,(H,26,28)/t22-/m1/s1. The van der Waals surface area contributed by atoms with Crippen LogP contribution in [0, 0.1) is 0 Å². The molecule has 1 N–H and O–H groups in total. The summed E-state index contributed by atoms with van der Waals surface area (Å²) >= 11 is 1.75. The number of fused-ring (bicyclic) bond motifs is 5. The third-order valence-corrected chi connectivity index (χ3v) is 6.65. The molecule has 0 saturated carbocycles. The average Bonchev–Trinajstić information content (AvgIpc) is 3.24. The molecule has 8 heteroatoms. The van der Waals surface area contributed by atoms with E-state index in [4.69, 9.17) is 9.98 Å². The Bertz CT molecular complexity index is 1280. The van der Waals surface area contributed by atoms with Crippen LogP contribution in [0.2, 0.25) is 0 Å². The van der Waals surface area contributed by atoms with Crippen LogP contribution in [0.3, 0.4) is 0 Å². The number of imidazole rings is 1. The Kier molecular flexibility index (Phi) is 4.81. The van der Waals surface area contributed by atoms with Crippen LogP contribution in [-0.4, -0.2) is 45.0 Å². The molecule has 2 aliphatic rings. The van der Waals surface area contributed by atoms with Crippen LogP contribution >= 0.6 is 11.8 Å². The van der Waals surface area contributed by atoms with Crippen molar-refractivity contribution in [2.75, 3.05) is 24.5 Å². The van der Waals surface area contributed by atoms with Crippen LogP contribution in [0.5, 0.6) is 0 Å². The van der Waals surface area contributed by atoms with Crippen molar-refractivity contribution in [1.82, 2.24) is 24.8 Å². The molecule has 0 saturated heterocycles. The molecular weight excluding hydrogens is 418 g/mol. The first-order valence-electron chi connectivity index (χ1n) is 10.6. The highest BCUT2D eigenvalue weighted by Gasteiger charge is 2.35. The van der Waals surface area contributed by atoms with Crippen molar-refractivity contribution in [3.63, 3.8) is 0 Å². The molecule has 160 valence electrons. The summed E-state index contributed by atoms with van der Waals surface area (Å²) in [6, 6.07) is 23.0. The van der Waals surface area contributed by atoms with Gasteiger partial charge in [0, 0.05) is 17.6 Å². The zero-order valence-corrected chi connectivity index (χ0v) is 18.5. The van der Waals surface area contributed by atoms with Gasteiger partial charge in [-0.15, -0.1) is 11.8 Å². The number of benzene rings is 2. The van der Waals surface area contributed by atoms with Gasteiger partial charge in [-0.1, -0.05) is 30.3 Å². The van der Waals surface area contributed by atoms with E-state index in [9.17, 15) is 0 Å². The van der Waals surface area contributed by atoms with Gasteiger partial charge < -0.3 is 5.32 Å². The quantitative estimate of drug-likeness (QED) is 0.485. The summed E-state index contributed by atoms with van der Waals surface area (Å²) in [6.07, 6.45) is 3.87. The Labute approximate surface area is 190 Å². The molecule has 7 nitrogen and oxygen atoms in total. The Morgan fingerprint density at radius 3 is 2.69 bits per heavy atom. The van der Waals surface area contributed by atoms with Crippen molar-refractivity contribution in [2.45, 2.75) is 17.6 Å². The molecule has 0 bridgehead atoms. The monoisotopic (exact) mass is 441 g/mol. The second-order valence-electron chi connectivity index (χ2n) is 7.93. The normalized spacial score (nSPS) is 18.1. The third kappa shape index (κ3) is 3.32. The molecule has 0 fully saturated rings. The van der Waals surface area contributed by atoms with Crippen molar-refractivity contribution in [3.8, 4) is 0 Å². The number of anilines is 1. The van der Waals surface area contributed by atoms with E-state index in [1.165, 1.54) is 10.5 Å². The van der Waals surface area contributed by atoms with Crippen molar-refractivity contribution in [2.24, 2.45) is 4.99 Å². The van der Waals surface area contributed by atoms with Gasteiger partial charge in [0.2, 0.25) is 11.9 Å². The first kappa shape index (κ1) is 19.3. The lowest BCUT2D eigenvalue weighted by atomic mass is 10.1. The molecule has 0 amide bonds. The SMILES string of the molecule is CSc1ccc([C@@H]2NC3=NCN(Cc4ccccn4)CN3c3nc4ccccc4n32)cc1. The summed E-state index contributed by atoms with van der Waals surface area (Å²) in [6.45, 7) is 2.06. The molecule has 32 heavy (non-hydrogen) atoms. The number of rotatable bonds is 4. The van der Waals surface area contributed by atoms with Crippen LogP contribution in [0.15, 0.2) is 82.8 Å². The fraction of sp³-hybridized carbons (Fsp3) is 0.208. The first-order chi connectivity index (χ1) is 15.8.